The number of hydrogen-bond donors (Lipinski definition) is 1. The van der Waals surface area contributed by atoms with Gasteiger partial charge in [0.2, 0.25) is 0 Å². The summed E-state index contributed by atoms with van der Waals surface area (Å²) in [5.74, 6) is 0.869. The lowest BCUT2D eigenvalue weighted by molar-refractivity contribution is 0.173. The van der Waals surface area contributed by atoms with Gasteiger partial charge in [-0.25, -0.2) is 0 Å². The van der Waals surface area contributed by atoms with E-state index in [1.54, 1.807) is 0 Å². The van der Waals surface area contributed by atoms with Gasteiger partial charge < -0.3 is 5.32 Å². The van der Waals surface area contributed by atoms with Crippen LogP contribution in [0.5, 0.6) is 0 Å². The summed E-state index contributed by atoms with van der Waals surface area (Å²) in [6.07, 6.45) is 5.22. The van der Waals surface area contributed by atoms with E-state index in [4.69, 9.17) is 0 Å². The van der Waals surface area contributed by atoms with Gasteiger partial charge in [-0.2, -0.15) is 0 Å². The standard InChI is InChI=1S/C16H23Br2N/c1-16(2,3)11-7-9-12(10-8-11)19-15-13(17)5-4-6-14(15)18/h4-6,11-12,19H,7-10H2,1-3H3. The highest BCUT2D eigenvalue weighted by molar-refractivity contribution is 9.11. The summed E-state index contributed by atoms with van der Waals surface area (Å²) in [6.45, 7) is 7.11. The van der Waals surface area contributed by atoms with E-state index < -0.39 is 0 Å². The van der Waals surface area contributed by atoms with Crippen molar-refractivity contribution < 1.29 is 0 Å². The lowest BCUT2D eigenvalue weighted by Crippen LogP contribution is -2.31. The molecule has 106 valence electrons. The quantitative estimate of drug-likeness (QED) is 0.633. The van der Waals surface area contributed by atoms with Gasteiger partial charge in [0, 0.05) is 15.0 Å². The molecule has 0 aliphatic heterocycles. The first-order valence-corrected chi connectivity index (χ1v) is 8.67. The molecule has 0 unspecified atom stereocenters. The molecule has 1 saturated carbocycles. The molecule has 1 nitrogen and oxygen atoms in total. The van der Waals surface area contributed by atoms with Crippen LogP contribution >= 0.6 is 31.9 Å². The number of hydrogen-bond acceptors (Lipinski definition) is 1. The monoisotopic (exact) mass is 387 g/mol. The number of halogens is 2. The molecule has 0 saturated heterocycles. The summed E-state index contributed by atoms with van der Waals surface area (Å²) in [5, 5.41) is 3.70. The third-order valence-electron chi connectivity index (χ3n) is 4.26. The predicted molar refractivity (Wildman–Crippen MR) is 90.7 cm³/mol. The Kier molecular flexibility index (Phi) is 4.99. The van der Waals surface area contributed by atoms with Crippen molar-refractivity contribution in [2.45, 2.75) is 52.5 Å². The molecule has 0 heterocycles. The van der Waals surface area contributed by atoms with Crippen LogP contribution in [0, 0.1) is 11.3 Å². The summed E-state index contributed by atoms with van der Waals surface area (Å²) in [4.78, 5) is 0. The Balaban J connectivity index is 1.96. The molecule has 1 aromatic rings. The van der Waals surface area contributed by atoms with Gasteiger partial charge in [0.15, 0.2) is 0 Å². The molecule has 0 radical (unpaired) electrons. The maximum absolute atomic E-state index is 3.70. The van der Waals surface area contributed by atoms with Crippen molar-refractivity contribution in [2.24, 2.45) is 11.3 Å². The minimum Gasteiger partial charge on any atom is -0.380 e. The number of nitrogens with one attached hydrogen (secondary N) is 1. The highest BCUT2D eigenvalue weighted by atomic mass is 79.9. The zero-order chi connectivity index (χ0) is 14.0. The van der Waals surface area contributed by atoms with Crippen LogP contribution in [0.2, 0.25) is 0 Å². The van der Waals surface area contributed by atoms with E-state index in [9.17, 15) is 0 Å². The van der Waals surface area contributed by atoms with Crippen molar-refractivity contribution in [2.75, 3.05) is 5.32 Å². The fourth-order valence-corrected chi connectivity index (χ4v) is 4.17. The van der Waals surface area contributed by atoms with Gasteiger partial charge >= 0.3 is 0 Å². The predicted octanol–water partition coefficient (Wildman–Crippen LogP) is 6.23. The van der Waals surface area contributed by atoms with Crippen molar-refractivity contribution in [3.8, 4) is 0 Å². The van der Waals surface area contributed by atoms with Crippen molar-refractivity contribution in [3.63, 3.8) is 0 Å². The Bertz CT molecular complexity index is 409. The molecule has 3 heteroatoms. The minimum atomic E-state index is 0.457. The Morgan fingerprint density at radius 2 is 1.53 bits per heavy atom. The van der Waals surface area contributed by atoms with Crippen LogP contribution in [0.3, 0.4) is 0 Å². The number of para-hydroxylation sites is 1. The fourth-order valence-electron chi connectivity index (χ4n) is 2.94. The van der Waals surface area contributed by atoms with Crippen molar-refractivity contribution >= 4 is 37.5 Å². The number of anilines is 1. The number of rotatable bonds is 2. The van der Waals surface area contributed by atoms with Gasteiger partial charge in [-0.3, -0.25) is 0 Å². The summed E-state index contributed by atoms with van der Waals surface area (Å²) in [7, 11) is 0. The Hall–Kier alpha value is -0.0200. The molecule has 0 atom stereocenters. The van der Waals surface area contributed by atoms with Crippen molar-refractivity contribution in [1.82, 2.24) is 0 Å². The fraction of sp³-hybridized carbons (Fsp3) is 0.625. The highest BCUT2D eigenvalue weighted by Crippen LogP contribution is 2.39. The van der Waals surface area contributed by atoms with E-state index in [1.165, 1.54) is 31.4 Å². The average molecular weight is 389 g/mol. The minimum absolute atomic E-state index is 0.457. The molecule has 1 aliphatic carbocycles. The smallest absolute Gasteiger partial charge is 0.0631 e. The maximum Gasteiger partial charge on any atom is 0.0631 e. The zero-order valence-corrected chi connectivity index (χ0v) is 15.1. The Morgan fingerprint density at radius 3 is 2.00 bits per heavy atom. The topological polar surface area (TPSA) is 12.0 Å². The normalized spacial score (nSPS) is 24.3. The first kappa shape index (κ1) is 15.4. The third kappa shape index (κ3) is 3.98. The van der Waals surface area contributed by atoms with Crippen LogP contribution in [0.1, 0.15) is 46.5 Å². The molecule has 1 N–H and O–H groups in total. The molecule has 0 spiro atoms. The Labute approximate surface area is 133 Å². The lowest BCUT2D eigenvalue weighted by atomic mass is 9.71. The number of benzene rings is 1. The molecule has 0 aromatic heterocycles. The van der Waals surface area contributed by atoms with Crippen LogP contribution in [0.4, 0.5) is 5.69 Å². The molecule has 1 fully saturated rings. The first-order chi connectivity index (χ1) is 8.88. The first-order valence-electron chi connectivity index (χ1n) is 7.08. The van der Waals surface area contributed by atoms with Crippen molar-refractivity contribution in [3.05, 3.63) is 27.1 Å². The van der Waals surface area contributed by atoms with Crippen LogP contribution < -0.4 is 5.32 Å². The van der Waals surface area contributed by atoms with E-state index in [1.807, 2.05) is 0 Å². The van der Waals surface area contributed by atoms with E-state index in [0.717, 1.165) is 14.9 Å². The molecule has 1 aromatic carbocycles. The summed E-state index contributed by atoms with van der Waals surface area (Å²) < 4.78 is 2.28. The molecule has 1 aliphatic rings. The van der Waals surface area contributed by atoms with Crippen LogP contribution in [-0.4, -0.2) is 6.04 Å². The summed E-state index contributed by atoms with van der Waals surface area (Å²) >= 11 is 7.25. The van der Waals surface area contributed by atoms with E-state index in [-0.39, 0.29) is 0 Å². The van der Waals surface area contributed by atoms with Gasteiger partial charge in [0.25, 0.3) is 0 Å². The zero-order valence-electron chi connectivity index (χ0n) is 12.0. The van der Waals surface area contributed by atoms with E-state index in [2.05, 4.69) is 76.1 Å². The molecule has 19 heavy (non-hydrogen) atoms. The van der Waals surface area contributed by atoms with Gasteiger partial charge in [-0.05, 0) is 81.0 Å². The van der Waals surface area contributed by atoms with Gasteiger partial charge in [0.05, 0.1) is 5.69 Å². The maximum atomic E-state index is 3.70. The van der Waals surface area contributed by atoms with Gasteiger partial charge in [-0.15, -0.1) is 0 Å². The molecular formula is C16H23Br2N. The van der Waals surface area contributed by atoms with Crippen LogP contribution in [-0.2, 0) is 0 Å². The molecule has 0 amide bonds. The van der Waals surface area contributed by atoms with Crippen LogP contribution in [0.15, 0.2) is 27.1 Å². The lowest BCUT2D eigenvalue weighted by Gasteiger charge is -2.37. The van der Waals surface area contributed by atoms with Crippen LogP contribution in [0.25, 0.3) is 0 Å². The van der Waals surface area contributed by atoms with E-state index in [0.29, 0.717) is 11.5 Å². The molecule has 2 rings (SSSR count). The van der Waals surface area contributed by atoms with Gasteiger partial charge in [0.1, 0.15) is 0 Å². The van der Waals surface area contributed by atoms with E-state index >= 15 is 0 Å². The second-order valence-corrected chi connectivity index (χ2v) is 8.36. The molecule has 0 bridgehead atoms. The Morgan fingerprint density at radius 1 is 1.00 bits per heavy atom. The average Bonchev–Trinajstić information content (AvgIpc) is 2.33. The summed E-state index contributed by atoms with van der Waals surface area (Å²) in [6, 6.07) is 6.84. The SMILES string of the molecule is CC(C)(C)C1CCC(Nc2c(Br)cccc2Br)CC1. The van der Waals surface area contributed by atoms with Crippen molar-refractivity contribution in [1.29, 1.82) is 0 Å². The highest BCUT2D eigenvalue weighted by Gasteiger charge is 2.29. The largest absolute Gasteiger partial charge is 0.380 e. The second-order valence-electron chi connectivity index (χ2n) is 6.66. The van der Waals surface area contributed by atoms with Gasteiger partial charge in [-0.1, -0.05) is 26.8 Å². The third-order valence-corrected chi connectivity index (χ3v) is 5.58. The molecular weight excluding hydrogens is 366 g/mol. The summed E-state index contributed by atoms with van der Waals surface area (Å²) in [5.41, 5.74) is 1.65. The second kappa shape index (κ2) is 6.17.